The lowest BCUT2D eigenvalue weighted by molar-refractivity contribution is -0.121. The highest BCUT2D eigenvalue weighted by Gasteiger charge is 2.17. The van der Waals surface area contributed by atoms with Gasteiger partial charge in [0.25, 0.3) is 0 Å². The van der Waals surface area contributed by atoms with Crippen molar-refractivity contribution in [1.82, 2.24) is 40.1 Å². The summed E-state index contributed by atoms with van der Waals surface area (Å²) in [5.41, 5.74) is 1.84. The molecule has 0 fully saturated rings. The second kappa shape index (κ2) is 9.45. The number of hydrogen-bond acceptors (Lipinski definition) is 6. The lowest BCUT2D eigenvalue weighted by Crippen LogP contribution is -2.27. The lowest BCUT2D eigenvalue weighted by atomic mass is 9.95. The standard InChI is InChI=1S/C20H21ClN8O/c21-17-8-6-15(7-9-17)16(13-28-14-23-26-27-28)12-20(30)22-10-3-5-19-25-24-18-4-1-2-11-29(18)19/h1-2,4,6-9,11,14,16H,3,5,10,12-13H2,(H,22,30). The van der Waals surface area contributed by atoms with E-state index >= 15 is 0 Å². The fourth-order valence-corrected chi connectivity index (χ4v) is 3.47. The zero-order chi connectivity index (χ0) is 20.8. The summed E-state index contributed by atoms with van der Waals surface area (Å²) in [4.78, 5) is 12.6. The Bertz CT molecular complexity index is 1090. The second-order valence-electron chi connectivity index (χ2n) is 6.98. The number of aryl methyl sites for hydroxylation is 1. The topological polar surface area (TPSA) is 103 Å². The van der Waals surface area contributed by atoms with Gasteiger partial charge < -0.3 is 5.32 Å². The van der Waals surface area contributed by atoms with Crippen molar-refractivity contribution < 1.29 is 4.79 Å². The van der Waals surface area contributed by atoms with Gasteiger partial charge in [0.1, 0.15) is 12.2 Å². The van der Waals surface area contributed by atoms with Gasteiger partial charge >= 0.3 is 0 Å². The first-order valence-electron chi connectivity index (χ1n) is 9.70. The van der Waals surface area contributed by atoms with Crippen molar-refractivity contribution in [1.29, 1.82) is 0 Å². The summed E-state index contributed by atoms with van der Waals surface area (Å²) >= 11 is 6.00. The molecule has 0 spiro atoms. The van der Waals surface area contributed by atoms with Crippen molar-refractivity contribution in [2.24, 2.45) is 0 Å². The molecule has 1 atom stereocenters. The Kier molecular flexibility index (Phi) is 6.29. The summed E-state index contributed by atoms with van der Waals surface area (Å²) in [5.74, 6) is 0.804. The molecule has 1 amide bonds. The molecule has 0 aliphatic heterocycles. The molecule has 3 heterocycles. The zero-order valence-corrected chi connectivity index (χ0v) is 17.0. The molecule has 1 N–H and O–H groups in total. The Labute approximate surface area is 178 Å². The molecule has 0 bridgehead atoms. The normalized spacial score (nSPS) is 12.2. The monoisotopic (exact) mass is 424 g/mol. The van der Waals surface area contributed by atoms with E-state index < -0.39 is 0 Å². The van der Waals surface area contributed by atoms with Crippen LogP contribution >= 0.6 is 11.6 Å². The fraction of sp³-hybridized carbons (Fsp3) is 0.300. The number of fused-ring (bicyclic) bond motifs is 1. The number of aromatic nitrogens is 7. The third kappa shape index (κ3) is 4.98. The van der Waals surface area contributed by atoms with Gasteiger partial charge in [-0.3, -0.25) is 9.20 Å². The quantitative estimate of drug-likeness (QED) is 0.413. The molecule has 0 saturated heterocycles. The number of tetrazole rings is 1. The number of carbonyl (C=O) groups excluding carboxylic acids is 1. The predicted octanol–water partition coefficient (Wildman–Crippen LogP) is 2.29. The molecule has 0 aliphatic rings. The average molecular weight is 425 g/mol. The van der Waals surface area contributed by atoms with Crippen LogP contribution in [0.25, 0.3) is 5.65 Å². The van der Waals surface area contributed by atoms with Crippen LogP contribution in [0.3, 0.4) is 0 Å². The molecule has 4 rings (SSSR count). The molecule has 10 heteroatoms. The highest BCUT2D eigenvalue weighted by Crippen LogP contribution is 2.23. The number of halogens is 1. The summed E-state index contributed by atoms with van der Waals surface area (Å²) in [6, 6.07) is 13.3. The molecular weight excluding hydrogens is 404 g/mol. The predicted molar refractivity (Wildman–Crippen MR) is 111 cm³/mol. The number of rotatable bonds is 9. The number of benzene rings is 1. The van der Waals surface area contributed by atoms with Crippen molar-refractivity contribution in [3.63, 3.8) is 0 Å². The third-order valence-electron chi connectivity index (χ3n) is 4.86. The Hall–Kier alpha value is -3.33. The number of pyridine rings is 1. The summed E-state index contributed by atoms with van der Waals surface area (Å²) in [5, 5.41) is 23.3. The van der Waals surface area contributed by atoms with Crippen LogP contribution in [0.15, 0.2) is 55.0 Å². The maximum atomic E-state index is 12.6. The van der Waals surface area contributed by atoms with E-state index in [1.54, 1.807) is 11.0 Å². The van der Waals surface area contributed by atoms with Gasteiger partial charge in [0.05, 0.1) is 6.54 Å². The van der Waals surface area contributed by atoms with Gasteiger partial charge in [-0.2, -0.15) is 0 Å². The van der Waals surface area contributed by atoms with Crippen LogP contribution in [-0.2, 0) is 17.8 Å². The molecule has 1 unspecified atom stereocenters. The summed E-state index contributed by atoms with van der Waals surface area (Å²) in [6.45, 7) is 1.08. The van der Waals surface area contributed by atoms with Crippen molar-refractivity contribution >= 4 is 23.2 Å². The first-order chi connectivity index (χ1) is 14.7. The Morgan fingerprint density at radius 2 is 2.00 bits per heavy atom. The van der Waals surface area contributed by atoms with Gasteiger partial charge in [0.15, 0.2) is 5.65 Å². The van der Waals surface area contributed by atoms with Gasteiger partial charge in [-0.05, 0) is 46.7 Å². The number of hydrogen-bond donors (Lipinski definition) is 1. The minimum absolute atomic E-state index is 0.0193. The lowest BCUT2D eigenvalue weighted by Gasteiger charge is -2.17. The van der Waals surface area contributed by atoms with E-state index in [2.05, 4.69) is 31.0 Å². The molecule has 1 aromatic carbocycles. The van der Waals surface area contributed by atoms with E-state index in [1.807, 2.05) is 53.1 Å². The van der Waals surface area contributed by atoms with Gasteiger partial charge in [-0.25, -0.2) is 4.68 Å². The molecular formula is C20H21ClN8O. The maximum absolute atomic E-state index is 12.6. The summed E-state index contributed by atoms with van der Waals surface area (Å²) in [7, 11) is 0. The molecule has 0 aliphatic carbocycles. The maximum Gasteiger partial charge on any atom is 0.220 e. The first-order valence-corrected chi connectivity index (χ1v) is 10.1. The molecule has 154 valence electrons. The third-order valence-corrected chi connectivity index (χ3v) is 5.11. The number of carbonyl (C=O) groups is 1. The van der Waals surface area contributed by atoms with Crippen molar-refractivity contribution in [2.45, 2.75) is 31.7 Å². The van der Waals surface area contributed by atoms with E-state index in [0.29, 0.717) is 24.5 Å². The SMILES string of the molecule is O=C(CC(Cn1cnnn1)c1ccc(Cl)cc1)NCCCc1nnc2ccccn12. The molecule has 0 radical (unpaired) electrons. The van der Waals surface area contributed by atoms with E-state index in [4.69, 9.17) is 11.6 Å². The minimum atomic E-state index is -0.0637. The van der Waals surface area contributed by atoms with Crippen LogP contribution in [-0.4, -0.2) is 47.3 Å². The van der Waals surface area contributed by atoms with Crippen molar-refractivity contribution in [3.05, 3.63) is 71.4 Å². The fourth-order valence-electron chi connectivity index (χ4n) is 3.34. The number of nitrogens with one attached hydrogen (secondary N) is 1. The van der Waals surface area contributed by atoms with Gasteiger partial charge in [0, 0.05) is 36.5 Å². The molecule has 30 heavy (non-hydrogen) atoms. The number of amides is 1. The van der Waals surface area contributed by atoms with E-state index in [-0.39, 0.29) is 11.8 Å². The van der Waals surface area contributed by atoms with E-state index in [9.17, 15) is 4.79 Å². The first kappa shape index (κ1) is 20.0. The summed E-state index contributed by atoms with van der Waals surface area (Å²) < 4.78 is 3.59. The van der Waals surface area contributed by atoms with Crippen LogP contribution in [0.1, 0.15) is 30.1 Å². The molecule has 3 aromatic heterocycles. The molecule has 0 saturated carbocycles. The average Bonchev–Trinajstić information content (AvgIpc) is 3.41. The second-order valence-corrected chi connectivity index (χ2v) is 7.42. The largest absolute Gasteiger partial charge is 0.356 e. The van der Waals surface area contributed by atoms with Crippen LogP contribution in [0.4, 0.5) is 0 Å². The van der Waals surface area contributed by atoms with Gasteiger partial charge in [0.2, 0.25) is 5.91 Å². The van der Waals surface area contributed by atoms with Crippen LogP contribution in [0, 0.1) is 0 Å². The number of nitrogens with zero attached hydrogens (tertiary/aromatic N) is 7. The minimum Gasteiger partial charge on any atom is -0.356 e. The van der Waals surface area contributed by atoms with Crippen LogP contribution in [0.2, 0.25) is 5.02 Å². The Balaban J connectivity index is 1.31. The zero-order valence-electron chi connectivity index (χ0n) is 16.2. The molecule has 4 aromatic rings. The Morgan fingerprint density at radius 3 is 2.80 bits per heavy atom. The highest BCUT2D eigenvalue weighted by molar-refractivity contribution is 6.30. The highest BCUT2D eigenvalue weighted by atomic mass is 35.5. The van der Waals surface area contributed by atoms with Crippen molar-refractivity contribution in [3.8, 4) is 0 Å². The van der Waals surface area contributed by atoms with E-state index in [0.717, 1.165) is 29.9 Å². The van der Waals surface area contributed by atoms with Crippen LogP contribution < -0.4 is 5.32 Å². The smallest absolute Gasteiger partial charge is 0.220 e. The van der Waals surface area contributed by atoms with Gasteiger partial charge in [-0.1, -0.05) is 29.8 Å². The van der Waals surface area contributed by atoms with Crippen molar-refractivity contribution in [2.75, 3.05) is 6.54 Å². The molecule has 9 nitrogen and oxygen atoms in total. The summed E-state index contributed by atoms with van der Waals surface area (Å²) in [6.07, 6.45) is 5.33. The van der Waals surface area contributed by atoms with Crippen LogP contribution in [0.5, 0.6) is 0 Å². The van der Waals surface area contributed by atoms with E-state index in [1.165, 1.54) is 0 Å². The van der Waals surface area contributed by atoms with Gasteiger partial charge in [-0.15, -0.1) is 15.3 Å². The Morgan fingerprint density at radius 1 is 1.13 bits per heavy atom.